The van der Waals surface area contributed by atoms with E-state index in [-0.39, 0.29) is 0 Å². The molecule has 0 bridgehead atoms. The number of hydrogen-bond donors (Lipinski definition) is 2. The molecule has 7 heavy (non-hydrogen) atoms. The second kappa shape index (κ2) is 2.15. The normalized spacial score (nSPS) is 18.0. The fraction of sp³-hybridized carbons (Fsp3) is 0.250. The van der Waals surface area contributed by atoms with Crippen LogP contribution >= 0.6 is 0 Å². The van der Waals surface area contributed by atoms with Gasteiger partial charge in [-0.3, -0.25) is 0 Å². The van der Waals surface area contributed by atoms with Gasteiger partial charge < -0.3 is 0 Å². The fourth-order valence-corrected chi connectivity index (χ4v) is 0.714. The molecule has 1 rings (SSSR count). The molecule has 0 saturated heterocycles. The first-order chi connectivity index (χ1) is 3.39. The number of hydrogen-bond acceptors (Lipinski definition) is 2. The molecule has 1 aliphatic heterocycles. The summed E-state index contributed by atoms with van der Waals surface area (Å²) in [6, 6.07) is 0. The van der Waals surface area contributed by atoms with E-state index in [0.29, 0.717) is 0 Å². The molecule has 3 heteroatoms. The van der Waals surface area contributed by atoms with E-state index in [1.54, 1.807) is 0 Å². The van der Waals surface area contributed by atoms with Crippen molar-refractivity contribution < 1.29 is 0 Å². The van der Waals surface area contributed by atoms with Crippen molar-refractivity contribution in [2.75, 3.05) is 6.54 Å². The Morgan fingerprint density at radius 2 is 2.57 bits per heavy atom. The minimum atomic E-state index is 0.926. The van der Waals surface area contributed by atoms with Crippen LogP contribution in [0.2, 0.25) is 0 Å². The van der Waals surface area contributed by atoms with Gasteiger partial charge in [-0.2, -0.15) is 0 Å². The average molecular weight is 161 g/mol. The van der Waals surface area contributed by atoms with Gasteiger partial charge in [-0.1, -0.05) is 0 Å². The third-order valence-corrected chi connectivity index (χ3v) is 1.26. The van der Waals surface area contributed by atoms with Crippen molar-refractivity contribution in [3.05, 3.63) is 12.3 Å². The van der Waals surface area contributed by atoms with Crippen molar-refractivity contribution in [3.63, 3.8) is 0 Å². The Hall–Kier alpha value is -0.271. The number of rotatable bonds is 0. The SMILES string of the molecule is [Se]=C1NC=CCN1. The molecule has 2 N–H and O–H groups in total. The molecule has 1 aliphatic rings. The van der Waals surface area contributed by atoms with E-state index < -0.39 is 0 Å². The molecule has 0 spiro atoms. The third-order valence-electron chi connectivity index (χ3n) is 0.713. The molecule has 1 heterocycles. The van der Waals surface area contributed by atoms with Gasteiger partial charge in [0.1, 0.15) is 0 Å². The predicted molar refractivity (Wildman–Crippen MR) is 31.0 cm³/mol. The van der Waals surface area contributed by atoms with Crippen LogP contribution in [-0.2, 0) is 0 Å². The van der Waals surface area contributed by atoms with E-state index in [1.165, 1.54) is 0 Å². The van der Waals surface area contributed by atoms with Crippen molar-refractivity contribution in [2.24, 2.45) is 0 Å². The Balaban J connectivity index is 2.47. The van der Waals surface area contributed by atoms with Crippen molar-refractivity contribution in [1.29, 1.82) is 0 Å². The summed E-state index contributed by atoms with van der Waals surface area (Å²) in [5, 5.41) is 6.00. The Kier molecular flexibility index (Phi) is 1.49. The van der Waals surface area contributed by atoms with E-state index in [0.717, 1.165) is 11.2 Å². The molecule has 2 nitrogen and oxygen atoms in total. The standard InChI is InChI=1S/C4H6N2Se/c7-4-5-2-1-3-6-4/h1-2H,3H2,(H2,5,6,7). The topological polar surface area (TPSA) is 24.1 Å². The van der Waals surface area contributed by atoms with E-state index in [4.69, 9.17) is 0 Å². The number of nitrogens with one attached hydrogen (secondary N) is 2. The maximum atomic E-state index is 3.05. The summed E-state index contributed by atoms with van der Waals surface area (Å²) < 4.78 is 1.00. The zero-order chi connectivity index (χ0) is 5.11. The second-order valence-corrected chi connectivity index (χ2v) is 2.11. The van der Waals surface area contributed by atoms with Crippen LogP contribution in [0.3, 0.4) is 0 Å². The van der Waals surface area contributed by atoms with Crippen molar-refractivity contribution in [2.45, 2.75) is 0 Å². The zero-order valence-corrected chi connectivity index (χ0v) is 5.48. The molecule has 0 fully saturated rings. The van der Waals surface area contributed by atoms with Crippen molar-refractivity contribution in [3.8, 4) is 0 Å². The summed E-state index contributed by atoms with van der Waals surface area (Å²) in [5.74, 6) is 0. The van der Waals surface area contributed by atoms with E-state index in [9.17, 15) is 0 Å². The Morgan fingerprint density at radius 3 is 2.86 bits per heavy atom. The molecule has 0 atom stereocenters. The summed E-state index contributed by atoms with van der Waals surface area (Å²) in [7, 11) is 0. The van der Waals surface area contributed by atoms with Crippen LogP contribution in [0.1, 0.15) is 0 Å². The molecule has 0 amide bonds. The van der Waals surface area contributed by atoms with Gasteiger partial charge in [-0.15, -0.1) is 0 Å². The Morgan fingerprint density at radius 1 is 1.71 bits per heavy atom. The molecule has 0 saturated carbocycles. The zero-order valence-electron chi connectivity index (χ0n) is 3.77. The molecular weight excluding hydrogens is 155 g/mol. The van der Waals surface area contributed by atoms with E-state index in [2.05, 4.69) is 26.2 Å². The van der Waals surface area contributed by atoms with Gasteiger partial charge in [0.25, 0.3) is 0 Å². The van der Waals surface area contributed by atoms with Gasteiger partial charge in [-0.05, 0) is 0 Å². The quantitative estimate of drug-likeness (QED) is 0.443. The van der Waals surface area contributed by atoms with Gasteiger partial charge in [0.2, 0.25) is 0 Å². The summed E-state index contributed by atoms with van der Waals surface area (Å²) in [6.45, 7) is 0.926. The molecule has 0 unspecified atom stereocenters. The summed E-state index contributed by atoms with van der Waals surface area (Å²) in [5.41, 5.74) is 0. The summed E-state index contributed by atoms with van der Waals surface area (Å²) >= 11 is 2.82. The van der Waals surface area contributed by atoms with Crippen LogP contribution in [0.25, 0.3) is 0 Å². The second-order valence-electron chi connectivity index (χ2n) is 1.26. The first-order valence-corrected chi connectivity index (χ1v) is 2.94. The molecule has 0 aromatic heterocycles. The first-order valence-electron chi connectivity index (χ1n) is 2.09. The van der Waals surface area contributed by atoms with Gasteiger partial charge in [0.05, 0.1) is 0 Å². The maximum absolute atomic E-state index is 3.05. The van der Waals surface area contributed by atoms with Gasteiger partial charge in [0.15, 0.2) is 0 Å². The molecule has 38 valence electrons. The molecule has 0 radical (unpaired) electrons. The summed E-state index contributed by atoms with van der Waals surface area (Å²) in [6.07, 6.45) is 3.92. The van der Waals surface area contributed by atoms with Gasteiger partial charge in [-0.25, -0.2) is 0 Å². The Labute approximate surface area is 50.3 Å². The van der Waals surface area contributed by atoms with Crippen LogP contribution < -0.4 is 10.6 Å². The van der Waals surface area contributed by atoms with Crippen LogP contribution in [0.5, 0.6) is 0 Å². The van der Waals surface area contributed by atoms with Crippen LogP contribution in [-0.4, -0.2) is 26.8 Å². The van der Waals surface area contributed by atoms with Crippen molar-refractivity contribution >= 4 is 20.2 Å². The van der Waals surface area contributed by atoms with E-state index in [1.807, 2.05) is 12.3 Å². The Bertz CT molecular complexity index is 108. The molecular formula is C4H6N2Se. The third kappa shape index (κ3) is 1.33. The average Bonchev–Trinajstić information content (AvgIpc) is 1.69. The first kappa shape index (κ1) is 4.88. The summed E-state index contributed by atoms with van der Waals surface area (Å²) in [4.78, 5) is 0. The van der Waals surface area contributed by atoms with E-state index >= 15 is 0 Å². The van der Waals surface area contributed by atoms with Crippen LogP contribution in [0.4, 0.5) is 0 Å². The van der Waals surface area contributed by atoms with Gasteiger partial charge >= 0.3 is 49.7 Å². The molecule has 0 aromatic carbocycles. The van der Waals surface area contributed by atoms with Gasteiger partial charge in [0, 0.05) is 0 Å². The van der Waals surface area contributed by atoms with Crippen molar-refractivity contribution in [1.82, 2.24) is 10.6 Å². The monoisotopic (exact) mass is 162 g/mol. The van der Waals surface area contributed by atoms with Crippen LogP contribution in [0.15, 0.2) is 12.3 Å². The van der Waals surface area contributed by atoms with Crippen LogP contribution in [0, 0.1) is 0 Å². The molecule has 0 aliphatic carbocycles. The minimum absolute atomic E-state index is 0.926. The fourth-order valence-electron chi connectivity index (χ4n) is 0.396. The predicted octanol–water partition coefficient (Wildman–Crippen LogP) is -1.05. The molecule has 0 aromatic rings.